The number of benzene rings is 1. The van der Waals surface area contributed by atoms with Crippen LogP contribution in [0.25, 0.3) is 0 Å². The number of nitrogens with zero attached hydrogens (tertiary/aromatic N) is 3. The first kappa shape index (κ1) is 20.2. The van der Waals surface area contributed by atoms with Gasteiger partial charge in [0.05, 0.1) is 11.6 Å². The zero-order chi connectivity index (χ0) is 20.8. The van der Waals surface area contributed by atoms with Crippen molar-refractivity contribution in [2.24, 2.45) is 5.92 Å². The SMILES string of the molecule is N#Cc1cccc(NC(=O)NCc2ccc(OC3CCN(CC4CC4)CC3)nc2)c1. The van der Waals surface area contributed by atoms with Gasteiger partial charge in [-0.05, 0) is 55.4 Å². The van der Waals surface area contributed by atoms with Crippen LogP contribution in [-0.2, 0) is 6.54 Å². The number of urea groups is 1. The van der Waals surface area contributed by atoms with Crippen molar-refractivity contribution in [3.05, 3.63) is 53.7 Å². The van der Waals surface area contributed by atoms with Crippen LogP contribution in [-0.4, -0.2) is 41.7 Å². The number of ether oxygens (including phenoxy) is 1. The maximum absolute atomic E-state index is 12.1. The summed E-state index contributed by atoms with van der Waals surface area (Å²) in [6, 6.07) is 12.3. The van der Waals surface area contributed by atoms with Gasteiger partial charge in [-0.1, -0.05) is 12.1 Å². The lowest BCUT2D eigenvalue weighted by Crippen LogP contribution is -2.39. The molecule has 1 aliphatic heterocycles. The second kappa shape index (κ2) is 9.59. The van der Waals surface area contributed by atoms with Gasteiger partial charge in [0, 0.05) is 44.1 Å². The fourth-order valence-electron chi connectivity index (χ4n) is 3.66. The van der Waals surface area contributed by atoms with E-state index in [1.54, 1.807) is 30.5 Å². The molecule has 7 nitrogen and oxygen atoms in total. The third kappa shape index (κ3) is 5.94. The molecular formula is C23H27N5O2. The Bertz CT molecular complexity index is 897. The molecule has 0 atom stereocenters. The number of anilines is 1. The van der Waals surface area contributed by atoms with Crippen LogP contribution in [0.15, 0.2) is 42.6 Å². The van der Waals surface area contributed by atoms with Gasteiger partial charge in [-0.2, -0.15) is 5.26 Å². The molecule has 1 aromatic carbocycles. The van der Waals surface area contributed by atoms with E-state index in [2.05, 4.69) is 26.6 Å². The molecule has 1 saturated carbocycles. The Labute approximate surface area is 177 Å². The van der Waals surface area contributed by atoms with Crippen molar-refractivity contribution in [3.63, 3.8) is 0 Å². The number of hydrogen-bond acceptors (Lipinski definition) is 5. The van der Waals surface area contributed by atoms with Gasteiger partial charge in [0.15, 0.2) is 0 Å². The number of pyridine rings is 1. The first-order valence-corrected chi connectivity index (χ1v) is 10.6. The van der Waals surface area contributed by atoms with Gasteiger partial charge in [-0.15, -0.1) is 0 Å². The van der Waals surface area contributed by atoms with E-state index in [1.165, 1.54) is 19.4 Å². The first-order chi connectivity index (χ1) is 14.7. The summed E-state index contributed by atoms with van der Waals surface area (Å²) in [7, 11) is 0. The number of nitriles is 1. The first-order valence-electron chi connectivity index (χ1n) is 10.6. The quantitative estimate of drug-likeness (QED) is 0.735. The summed E-state index contributed by atoms with van der Waals surface area (Å²) >= 11 is 0. The highest BCUT2D eigenvalue weighted by atomic mass is 16.5. The number of nitrogens with one attached hydrogen (secondary N) is 2. The highest BCUT2D eigenvalue weighted by Gasteiger charge is 2.27. The number of hydrogen-bond donors (Lipinski definition) is 2. The fourth-order valence-corrected chi connectivity index (χ4v) is 3.66. The van der Waals surface area contributed by atoms with Crippen LogP contribution < -0.4 is 15.4 Å². The molecule has 2 heterocycles. The van der Waals surface area contributed by atoms with Crippen LogP contribution >= 0.6 is 0 Å². The normalized spacial score (nSPS) is 17.2. The molecule has 1 aromatic heterocycles. The van der Waals surface area contributed by atoms with Crippen molar-refractivity contribution in [2.45, 2.75) is 38.3 Å². The van der Waals surface area contributed by atoms with Crippen LogP contribution in [0.1, 0.15) is 36.8 Å². The van der Waals surface area contributed by atoms with Gasteiger partial charge in [0.25, 0.3) is 0 Å². The van der Waals surface area contributed by atoms with Gasteiger partial charge < -0.3 is 20.3 Å². The third-order valence-electron chi connectivity index (χ3n) is 5.54. The van der Waals surface area contributed by atoms with Crippen LogP contribution in [0, 0.1) is 17.2 Å². The second-order valence-electron chi connectivity index (χ2n) is 8.07. The number of aromatic nitrogens is 1. The zero-order valence-electron chi connectivity index (χ0n) is 17.0. The highest BCUT2D eigenvalue weighted by Crippen LogP contribution is 2.30. The molecule has 2 fully saturated rings. The van der Waals surface area contributed by atoms with E-state index < -0.39 is 0 Å². The summed E-state index contributed by atoms with van der Waals surface area (Å²) in [5, 5.41) is 14.4. The van der Waals surface area contributed by atoms with Crippen LogP contribution in [0.5, 0.6) is 5.88 Å². The van der Waals surface area contributed by atoms with Crippen LogP contribution in [0.2, 0.25) is 0 Å². The van der Waals surface area contributed by atoms with Gasteiger partial charge in [0.2, 0.25) is 5.88 Å². The number of amides is 2. The largest absolute Gasteiger partial charge is 0.474 e. The monoisotopic (exact) mass is 405 g/mol. The molecule has 1 saturated heterocycles. The molecule has 0 bridgehead atoms. The average molecular weight is 406 g/mol. The van der Waals surface area contributed by atoms with Crippen molar-refractivity contribution in [1.82, 2.24) is 15.2 Å². The summed E-state index contributed by atoms with van der Waals surface area (Å²) < 4.78 is 6.04. The lowest BCUT2D eigenvalue weighted by atomic mass is 10.1. The molecule has 0 unspecified atom stereocenters. The van der Waals surface area contributed by atoms with E-state index in [0.717, 1.165) is 37.4 Å². The molecule has 0 spiro atoms. The minimum atomic E-state index is -0.330. The smallest absolute Gasteiger partial charge is 0.319 e. The molecule has 1 aliphatic carbocycles. The van der Waals surface area contributed by atoms with Gasteiger partial charge in [-0.3, -0.25) is 0 Å². The van der Waals surface area contributed by atoms with Gasteiger partial charge in [-0.25, -0.2) is 9.78 Å². The number of piperidine rings is 1. The minimum Gasteiger partial charge on any atom is -0.474 e. The summed E-state index contributed by atoms with van der Waals surface area (Å²) in [5.41, 5.74) is 1.97. The lowest BCUT2D eigenvalue weighted by Gasteiger charge is -2.31. The zero-order valence-corrected chi connectivity index (χ0v) is 17.0. The van der Waals surface area contributed by atoms with E-state index in [9.17, 15) is 4.79 Å². The lowest BCUT2D eigenvalue weighted by molar-refractivity contribution is 0.0944. The van der Waals surface area contributed by atoms with Gasteiger partial charge in [0.1, 0.15) is 6.10 Å². The molecule has 4 rings (SSSR count). The molecule has 156 valence electrons. The Morgan fingerprint density at radius 1 is 1.20 bits per heavy atom. The van der Waals surface area contributed by atoms with Gasteiger partial charge >= 0.3 is 6.03 Å². The van der Waals surface area contributed by atoms with E-state index >= 15 is 0 Å². The fraction of sp³-hybridized carbons (Fsp3) is 0.435. The molecular weight excluding hydrogens is 378 g/mol. The predicted octanol–water partition coefficient (Wildman–Crippen LogP) is 3.53. The maximum Gasteiger partial charge on any atom is 0.319 e. The van der Waals surface area contributed by atoms with Crippen molar-refractivity contribution in [2.75, 3.05) is 25.0 Å². The predicted molar refractivity (Wildman–Crippen MR) is 114 cm³/mol. The summed E-state index contributed by atoms with van der Waals surface area (Å²) in [4.78, 5) is 19.0. The Balaban J connectivity index is 1.19. The summed E-state index contributed by atoms with van der Waals surface area (Å²) in [6.07, 6.45) is 6.85. The molecule has 2 aromatic rings. The number of rotatable bonds is 7. The van der Waals surface area contributed by atoms with Crippen molar-refractivity contribution in [3.8, 4) is 11.9 Å². The summed E-state index contributed by atoms with van der Waals surface area (Å²) in [5.74, 6) is 1.58. The topological polar surface area (TPSA) is 90.3 Å². The second-order valence-corrected chi connectivity index (χ2v) is 8.07. The number of carbonyl (C=O) groups excluding carboxylic acids is 1. The van der Waals surface area contributed by atoms with E-state index in [4.69, 9.17) is 10.00 Å². The number of likely N-dealkylation sites (tertiary alicyclic amines) is 1. The average Bonchev–Trinajstić information content (AvgIpc) is 3.59. The van der Waals surface area contributed by atoms with Crippen LogP contribution in [0.3, 0.4) is 0 Å². The van der Waals surface area contributed by atoms with E-state index in [0.29, 0.717) is 23.7 Å². The van der Waals surface area contributed by atoms with Crippen molar-refractivity contribution < 1.29 is 9.53 Å². The Morgan fingerprint density at radius 3 is 2.73 bits per heavy atom. The van der Waals surface area contributed by atoms with E-state index in [-0.39, 0.29) is 12.1 Å². The molecule has 2 aliphatic rings. The molecule has 7 heteroatoms. The van der Waals surface area contributed by atoms with Crippen molar-refractivity contribution >= 4 is 11.7 Å². The molecule has 2 amide bonds. The number of carbonyl (C=O) groups is 1. The van der Waals surface area contributed by atoms with E-state index in [1.807, 2.05) is 12.1 Å². The summed E-state index contributed by atoms with van der Waals surface area (Å²) in [6.45, 7) is 3.83. The van der Waals surface area contributed by atoms with Crippen molar-refractivity contribution in [1.29, 1.82) is 5.26 Å². The highest BCUT2D eigenvalue weighted by molar-refractivity contribution is 5.89. The maximum atomic E-state index is 12.1. The van der Waals surface area contributed by atoms with Crippen LogP contribution in [0.4, 0.5) is 10.5 Å². The standard InChI is InChI=1S/C23H27N5O2/c24-13-18-2-1-3-20(12-18)27-23(29)26-15-19-6-7-22(25-14-19)30-21-8-10-28(11-9-21)16-17-4-5-17/h1-3,6-7,12,14,17,21H,4-5,8-11,15-16H2,(H2,26,27,29). The Kier molecular flexibility index (Phi) is 6.45. The Hall–Kier alpha value is -3.11. The molecule has 30 heavy (non-hydrogen) atoms. The molecule has 0 radical (unpaired) electrons. The molecule has 2 N–H and O–H groups in total. The third-order valence-corrected chi connectivity index (χ3v) is 5.54. The Morgan fingerprint density at radius 2 is 2.03 bits per heavy atom. The minimum absolute atomic E-state index is 0.229.